The maximum absolute atomic E-state index is 5.09. The van der Waals surface area contributed by atoms with Gasteiger partial charge in [-0.1, -0.05) is 5.44 Å². The molecule has 5 heavy (non-hydrogen) atoms. The topological polar surface area (TPSA) is 0 Å². The average Bonchev–Trinajstić information content (AvgIpc) is 1.38. The van der Waals surface area contributed by atoms with Crippen LogP contribution in [0.4, 0.5) is 0 Å². The molecule has 0 amide bonds. The third-order valence-electron chi connectivity index (χ3n) is 0.254. The van der Waals surface area contributed by atoms with Crippen LogP contribution in [0.3, 0.4) is 0 Å². The Labute approximate surface area is 37.1 Å². The van der Waals surface area contributed by atoms with Gasteiger partial charge in [-0.05, 0) is 0 Å². The van der Waals surface area contributed by atoms with Crippen LogP contribution in [0.5, 0.6) is 0 Å². The zero-order valence-corrected chi connectivity index (χ0v) is 3.94. The lowest BCUT2D eigenvalue weighted by Crippen LogP contribution is -1.79. The van der Waals surface area contributed by atoms with E-state index in [4.69, 9.17) is 7.85 Å². The van der Waals surface area contributed by atoms with Crippen LogP contribution in [-0.2, 0) is 0 Å². The molecule has 2 heteroatoms. The molecular weight excluding hydrogens is 74.9 g/mol. The summed E-state index contributed by atoms with van der Waals surface area (Å²) in [7, 11) is 8.16. The molecule has 0 fully saturated rings. The highest BCUT2D eigenvalue weighted by Gasteiger charge is 1.75. The first-order chi connectivity index (χ1) is 2.27. The summed E-state index contributed by atoms with van der Waals surface area (Å²) >= 11 is 0. The molecule has 0 saturated heterocycles. The fraction of sp³-hybridized carbons (Fsp3) is 0.333. The zero-order chi connectivity index (χ0) is 4.28. The summed E-state index contributed by atoms with van der Waals surface area (Å²) in [6.07, 6.45) is 1.61. The van der Waals surface area contributed by atoms with Gasteiger partial charge in [0, 0.05) is 10.2 Å². The van der Waals surface area contributed by atoms with Gasteiger partial charge >= 0.3 is 0 Å². The Kier molecular flexibility index (Phi) is 2.28. The lowest BCUT2D eigenvalue weighted by atomic mass is 10.1. The van der Waals surface area contributed by atoms with Crippen molar-refractivity contribution >= 4 is 18.1 Å². The molecule has 0 nitrogen and oxygen atoms in total. The molecule has 0 spiro atoms. The third-order valence-corrected chi connectivity index (χ3v) is 0.490. The highest BCUT2D eigenvalue weighted by Crippen LogP contribution is 1.84. The highest BCUT2D eigenvalue weighted by molar-refractivity contribution is 6.36. The van der Waals surface area contributed by atoms with E-state index in [-0.39, 0.29) is 5.44 Å². The lowest BCUT2D eigenvalue weighted by Gasteiger charge is -1.83. The van der Waals surface area contributed by atoms with Gasteiger partial charge < -0.3 is 0 Å². The molecule has 23 valence electrons. The Morgan fingerprint density at radius 2 is 2.20 bits per heavy atom. The number of hydrogen-bond donors (Lipinski definition) is 0. The first-order valence-electron chi connectivity index (χ1n) is 1.36. The fourth-order valence-electron chi connectivity index (χ4n) is 0. The van der Waals surface area contributed by atoms with Gasteiger partial charge in [0.05, 0.1) is 7.85 Å². The zero-order valence-electron chi connectivity index (χ0n) is 2.94. The molecule has 1 atom stereocenters. The number of allylic oxidation sites excluding steroid dienone is 1. The van der Waals surface area contributed by atoms with E-state index in [0.717, 1.165) is 0 Å². The van der Waals surface area contributed by atoms with Crippen molar-refractivity contribution in [3.05, 3.63) is 12.7 Å². The molecule has 0 aromatic rings. The summed E-state index contributed by atoms with van der Waals surface area (Å²) in [4.78, 5) is 0. The molecule has 5 radical (unpaired) electrons. The predicted octanol–water partition coefficient (Wildman–Crippen LogP) is 0.255. The molecule has 0 unspecified atom stereocenters. The number of hydrogen-bond acceptors (Lipinski definition) is 0. The van der Waals surface area contributed by atoms with Gasteiger partial charge in [0.25, 0.3) is 0 Å². The summed E-state index contributed by atoms with van der Waals surface area (Å²) in [6.45, 7) is 3.39. The molecule has 0 heterocycles. The molecule has 0 aromatic heterocycles. The molecule has 0 saturated carbocycles. The van der Waals surface area contributed by atoms with Gasteiger partial charge in [-0.2, -0.15) is 0 Å². The summed E-state index contributed by atoms with van der Waals surface area (Å²) in [5.74, 6) is 0. The highest BCUT2D eigenvalue weighted by atomic mass is 28.1. The molecule has 0 rings (SSSR count). The Bertz CT molecular complexity index is 33.9. The summed E-state index contributed by atoms with van der Waals surface area (Å²) in [6, 6.07) is 0. The van der Waals surface area contributed by atoms with Crippen LogP contribution < -0.4 is 0 Å². The minimum absolute atomic E-state index is 0.0463. The second-order valence-corrected chi connectivity index (χ2v) is 1.43. The Balaban J connectivity index is 2.83. The summed E-state index contributed by atoms with van der Waals surface area (Å²) in [5.41, 5.74) is -0.0463. The van der Waals surface area contributed by atoms with Crippen LogP contribution in [0.2, 0.25) is 5.44 Å². The van der Waals surface area contributed by atoms with Crippen LogP contribution in [0.25, 0.3) is 0 Å². The fourth-order valence-corrected chi connectivity index (χ4v) is 0. The van der Waals surface area contributed by atoms with Crippen molar-refractivity contribution in [2.75, 3.05) is 0 Å². The molecule has 0 aliphatic heterocycles. The van der Waals surface area contributed by atoms with Gasteiger partial charge in [0.2, 0.25) is 0 Å². The van der Waals surface area contributed by atoms with E-state index in [1.54, 1.807) is 6.08 Å². The standard InChI is InChI=1S/C3H4BSi/c1-2-3(4)5/h2-3H,1H2/t3-/m0/s1. The maximum Gasteiger partial charge on any atom is 0.0705 e. The Morgan fingerprint density at radius 1 is 2.00 bits per heavy atom. The van der Waals surface area contributed by atoms with Crippen molar-refractivity contribution in [3.8, 4) is 0 Å². The van der Waals surface area contributed by atoms with Crippen LogP contribution >= 0.6 is 0 Å². The maximum atomic E-state index is 5.09. The SMILES string of the molecule is [B][C@@H]([Si])C=C. The van der Waals surface area contributed by atoms with Crippen molar-refractivity contribution in [3.63, 3.8) is 0 Å². The van der Waals surface area contributed by atoms with Crippen LogP contribution in [0, 0.1) is 0 Å². The van der Waals surface area contributed by atoms with E-state index in [1.807, 2.05) is 0 Å². The second-order valence-electron chi connectivity index (χ2n) is 0.761. The molecule has 0 aromatic carbocycles. The van der Waals surface area contributed by atoms with Crippen LogP contribution in [-0.4, -0.2) is 18.1 Å². The molecule has 0 aliphatic carbocycles. The van der Waals surface area contributed by atoms with Crippen molar-refractivity contribution in [1.82, 2.24) is 0 Å². The number of rotatable bonds is 1. The largest absolute Gasteiger partial charge is 0.104 e. The van der Waals surface area contributed by atoms with Crippen molar-refractivity contribution in [2.24, 2.45) is 0 Å². The smallest absolute Gasteiger partial charge is 0.0705 e. The Hall–Kier alpha value is 0.0218. The van der Waals surface area contributed by atoms with Crippen molar-refractivity contribution in [1.29, 1.82) is 0 Å². The minimum Gasteiger partial charge on any atom is -0.104 e. The van der Waals surface area contributed by atoms with Crippen molar-refractivity contribution in [2.45, 2.75) is 5.44 Å². The monoisotopic (exact) mass is 79.0 g/mol. The lowest BCUT2D eigenvalue weighted by molar-refractivity contribution is 1.60. The quantitative estimate of drug-likeness (QED) is 0.312. The summed E-state index contributed by atoms with van der Waals surface area (Å²) < 4.78 is 0. The molecule has 0 aliphatic rings. The average molecular weight is 79.0 g/mol. The van der Waals surface area contributed by atoms with Crippen molar-refractivity contribution < 1.29 is 0 Å². The van der Waals surface area contributed by atoms with E-state index in [0.29, 0.717) is 0 Å². The second kappa shape index (κ2) is 2.27. The van der Waals surface area contributed by atoms with Gasteiger partial charge in [0.1, 0.15) is 0 Å². The first kappa shape index (κ1) is 5.02. The molecular formula is C3H4BSi. The van der Waals surface area contributed by atoms with E-state index in [2.05, 4.69) is 16.8 Å². The third kappa shape index (κ3) is 4.02. The molecule has 0 N–H and O–H groups in total. The van der Waals surface area contributed by atoms with Gasteiger partial charge in [-0.25, -0.2) is 0 Å². The molecule has 0 bridgehead atoms. The minimum atomic E-state index is -0.0463. The van der Waals surface area contributed by atoms with E-state index >= 15 is 0 Å². The van der Waals surface area contributed by atoms with Crippen LogP contribution in [0.15, 0.2) is 12.7 Å². The van der Waals surface area contributed by atoms with Gasteiger partial charge in [-0.15, -0.1) is 12.7 Å². The Morgan fingerprint density at radius 3 is 2.20 bits per heavy atom. The van der Waals surface area contributed by atoms with E-state index < -0.39 is 0 Å². The first-order valence-corrected chi connectivity index (χ1v) is 1.94. The summed E-state index contributed by atoms with van der Waals surface area (Å²) in [5, 5.41) is 0. The van der Waals surface area contributed by atoms with E-state index in [1.165, 1.54) is 0 Å². The predicted molar refractivity (Wildman–Crippen MR) is 25.5 cm³/mol. The van der Waals surface area contributed by atoms with Crippen LogP contribution in [0.1, 0.15) is 0 Å². The van der Waals surface area contributed by atoms with E-state index in [9.17, 15) is 0 Å². The normalized spacial score (nSPS) is 13.8. The van der Waals surface area contributed by atoms with Gasteiger partial charge in [0.15, 0.2) is 0 Å². The van der Waals surface area contributed by atoms with Gasteiger partial charge in [-0.3, -0.25) is 0 Å².